The van der Waals surface area contributed by atoms with E-state index in [-0.39, 0.29) is 46.6 Å². The minimum absolute atomic E-state index is 0.0234. The van der Waals surface area contributed by atoms with Gasteiger partial charge in [-0.05, 0) is 72.8 Å². The topological polar surface area (TPSA) is 163 Å². The molecule has 252 valence electrons. The largest absolute Gasteiger partial charge is 0.497 e. The minimum Gasteiger partial charge on any atom is -0.497 e. The van der Waals surface area contributed by atoms with Crippen molar-refractivity contribution in [1.29, 1.82) is 0 Å². The van der Waals surface area contributed by atoms with Gasteiger partial charge in [0.1, 0.15) is 36.3 Å². The van der Waals surface area contributed by atoms with Crippen LogP contribution in [0.4, 0.5) is 22.0 Å². The van der Waals surface area contributed by atoms with E-state index in [1.54, 1.807) is 72.8 Å². The Hall–Kier alpha value is -6.28. The molecule has 0 fully saturated rings. The molecule has 49 heavy (non-hydrogen) atoms. The SMILES string of the molecule is COc1ccc(S(=O)(=O)Nc2cc(C(=O)Nc3ccccc3)cc(OCCOC(=O)Nc3ccccn3)c2Oc2cccc(OC)c2)cc1. The van der Waals surface area contributed by atoms with E-state index in [9.17, 15) is 18.0 Å². The fourth-order valence-electron chi connectivity index (χ4n) is 4.35. The molecule has 0 aliphatic carbocycles. The second-order valence-corrected chi connectivity index (χ2v) is 11.7. The fourth-order valence-corrected chi connectivity index (χ4v) is 5.40. The van der Waals surface area contributed by atoms with Crippen molar-refractivity contribution in [2.75, 3.05) is 42.8 Å². The summed E-state index contributed by atoms with van der Waals surface area (Å²) in [5.41, 5.74) is 0.445. The highest BCUT2D eigenvalue weighted by Gasteiger charge is 2.24. The molecule has 0 saturated heterocycles. The number of rotatable bonds is 14. The molecule has 0 unspecified atom stereocenters. The summed E-state index contributed by atoms with van der Waals surface area (Å²) in [6, 6.07) is 28.8. The van der Waals surface area contributed by atoms with Gasteiger partial charge in [0.2, 0.25) is 0 Å². The van der Waals surface area contributed by atoms with Crippen molar-refractivity contribution < 1.29 is 41.7 Å². The molecule has 0 saturated carbocycles. The summed E-state index contributed by atoms with van der Waals surface area (Å²) < 4.78 is 57.7. The Labute approximate surface area is 282 Å². The van der Waals surface area contributed by atoms with Crippen molar-refractivity contribution in [3.05, 3.63) is 121 Å². The number of nitrogens with one attached hydrogen (secondary N) is 3. The summed E-state index contributed by atoms with van der Waals surface area (Å²) in [4.78, 5) is 29.7. The number of hydrogen-bond donors (Lipinski definition) is 3. The molecule has 0 bridgehead atoms. The van der Waals surface area contributed by atoms with Crippen LogP contribution in [-0.2, 0) is 14.8 Å². The smallest absolute Gasteiger partial charge is 0.412 e. The number of ether oxygens (including phenoxy) is 5. The third-order valence-corrected chi connectivity index (χ3v) is 8.07. The second-order valence-electron chi connectivity index (χ2n) is 10.1. The van der Waals surface area contributed by atoms with Crippen molar-refractivity contribution in [2.24, 2.45) is 0 Å². The van der Waals surface area contributed by atoms with Crippen molar-refractivity contribution in [3.63, 3.8) is 0 Å². The second kappa shape index (κ2) is 16.0. The van der Waals surface area contributed by atoms with Gasteiger partial charge in [-0.1, -0.05) is 30.3 Å². The van der Waals surface area contributed by atoms with Crippen LogP contribution in [0.25, 0.3) is 0 Å². The summed E-state index contributed by atoms with van der Waals surface area (Å²) in [6.07, 6.45) is 0.753. The molecule has 0 spiro atoms. The molecule has 1 aromatic heterocycles. The predicted octanol–water partition coefficient (Wildman–Crippen LogP) is 6.57. The van der Waals surface area contributed by atoms with Gasteiger partial charge in [-0.25, -0.2) is 18.2 Å². The number of sulfonamides is 1. The van der Waals surface area contributed by atoms with Crippen molar-refractivity contribution in [1.82, 2.24) is 4.98 Å². The fraction of sp³-hybridized carbons (Fsp3) is 0.114. The number of carbonyl (C=O) groups is 2. The number of anilines is 3. The van der Waals surface area contributed by atoms with Gasteiger partial charge in [0, 0.05) is 23.5 Å². The summed E-state index contributed by atoms with van der Waals surface area (Å²) >= 11 is 0. The van der Waals surface area contributed by atoms with Gasteiger partial charge in [0.05, 0.1) is 24.8 Å². The predicted molar refractivity (Wildman–Crippen MR) is 182 cm³/mol. The minimum atomic E-state index is -4.23. The van der Waals surface area contributed by atoms with Crippen molar-refractivity contribution in [3.8, 4) is 28.7 Å². The molecular formula is C35H32N4O9S. The standard InChI is InChI=1S/C35H32N4O9S/c1-44-26-14-16-29(17-15-26)49(42,43)39-30-21-24(34(40)37-25-9-4-3-5-10-25)22-31(33(30)48-28-12-8-11-27(23-28)45-2)46-19-20-47-35(41)38-32-13-6-7-18-36-32/h3-18,21-23,39H,19-20H2,1-2H3,(H,37,40)(H,36,38,41). The molecule has 1 heterocycles. The Kier molecular flexibility index (Phi) is 11.1. The van der Waals surface area contributed by atoms with Crippen LogP contribution in [-0.4, -0.2) is 52.8 Å². The van der Waals surface area contributed by atoms with Crippen molar-refractivity contribution >= 4 is 39.2 Å². The molecule has 13 nitrogen and oxygen atoms in total. The number of pyridine rings is 1. The number of para-hydroxylation sites is 1. The number of aromatic nitrogens is 1. The number of nitrogens with zero attached hydrogens (tertiary/aromatic N) is 1. The van der Waals surface area contributed by atoms with Crippen LogP contribution in [0.3, 0.4) is 0 Å². The number of carbonyl (C=O) groups excluding carboxylic acids is 2. The van der Waals surface area contributed by atoms with E-state index in [4.69, 9.17) is 23.7 Å². The lowest BCUT2D eigenvalue weighted by atomic mass is 10.1. The van der Waals surface area contributed by atoms with Crippen LogP contribution in [0.1, 0.15) is 10.4 Å². The lowest BCUT2D eigenvalue weighted by molar-refractivity contribution is 0.102. The average molecular weight is 685 g/mol. The van der Waals surface area contributed by atoms with Gasteiger partial charge in [-0.15, -0.1) is 0 Å². The van der Waals surface area contributed by atoms with E-state index >= 15 is 0 Å². The van der Waals surface area contributed by atoms with Crippen LogP contribution >= 0.6 is 0 Å². The number of methoxy groups -OCH3 is 2. The first-order valence-electron chi connectivity index (χ1n) is 14.7. The zero-order valence-corrected chi connectivity index (χ0v) is 27.2. The van der Waals surface area contributed by atoms with Gasteiger partial charge in [0.15, 0.2) is 11.5 Å². The number of amides is 2. The van der Waals surface area contributed by atoms with Gasteiger partial charge < -0.3 is 29.0 Å². The lowest BCUT2D eigenvalue weighted by Crippen LogP contribution is -2.19. The monoisotopic (exact) mass is 684 g/mol. The molecule has 0 atom stereocenters. The summed E-state index contributed by atoms with van der Waals surface area (Å²) in [7, 11) is -1.27. The molecule has 2 amide bonds. The van der Waals surface area contributed by atoms with E-state index in [0.29, 0.717) is 23.0 Å². The Morgan fingerprint density at radius 2 is 1.47 bits per heavy atom. The third kappa shape index (κ3) is 9.39. The van der Waals surface area contributed by atoms with Gasteiger partial charge in [-0.3, -0.25) is 14.8 Å². The maximum absolute atomic E-state index is 13.6. The molecule has 5 aromatic rings. The Morgan fingerprint density at radius 3 is 2.18 bits per heavy atom. The first-order valence-corrected chi connectivity index (χ1v) is 16.2. The molecule has 4 aromatic carbocycles. The molecule has 0 radical (unpaired) electrons. The molecule has 14 heteroatoms. The quantitative estimate of drug-likeness (QED) is 0.109. The molecule has 5 rings (SSSR count). The van der Waals surface area contributed by atoms with Gasteiger partial charge >= 0.3 is 6.09 Å². The van der Waals surface area contributed by atoms with Crippen molar-refractivity contribution in [2.45, 2.75) is 4.90 Å². The third-order valence-electron chi connectivity index (χ3n) is 6.69. The van der Waals surface area contributed by atoms with Crippen LogP contribution in [0.15, 0.2) is 120 Å². The Bertz CT molecular complexity index is 1990. The van der Waals surface area contributed by atoms with E-state index in [1.807, 2.05) is 0 Å². The van der Waals surface area contributed by atoms with Crippen LogP contribution < -0.4 is 34.3 Å². The summed E-state index contributed by atoms with van der Waals surface area (Å²) in [5.74, 6) is 0.873. The number of hydrogen-bond acceptors (Lipinski definition) is 10. The lowest BCUT2D eigenvalue weighted by Gasteiger charge is -2.19. The van der Waals surface area contributed by atoms with E-state index in [1.165, 1.54) is 56.8 Å². The van der Waals surface area contributed by atoms with Crippen LogP contribution in [0, 0.1) is 0 Å². The number of benzene rings is 4. The van der Waals surface area contributed by atoms with Gasteiger partial charge in [0.25, 0.3) is 15.9 Å². The highest BCUT2D eigenvalue weighted by Crippen LogP contribution is 2.42. The molecule has 0 aliphatic heterocycles. The first kappa shape index (κ1) is 34.1. The highest BCUT2D eigenvalue weighted by molar-refractivity contribution is 7.92. The van der Waals surface area contributed by atoms with Gasteiger partial charge in [-0.2, -0.15) is 0 Å². The Balaban J connectivity index is 1.49. The maximum Gasteiger partial charge on any atom is 0.412 e. The molecule has 0 aliphatic rings. The maximum atomic E-state index is 13.6. The van der Waals surface area contributed by atoms with Crippen LogP contribution in [0.2, 0.25) is 0 Å². The zero-order valence-electron chi connectivity index (χ0n) is 26.4. The van der Waals surface area contributed by atoms with E-state index < -0.39 is 22.0 Å². The highest BCUT2D eigenvalue weighted by atomic mass is 32.2. The van der Waals surface area contributed by atoms with E-state index in [0.717, 1.165) is 0 Å². The molecular weight excluding hydrogens is 652 g/mol. The van der Waals surface area contributed by atoms with Crippen LogP contribution in [0.5, 0.6) is 28.7 Å². The average Bonchev–Trinajstić information content (AvgIpc) is 3.12. The Morgan fingerprint density at radius 1 is 0.735 bits per heavy atom. The summed E-state index contributed by atoms with van der Waals surface area (Å²) in [6.45, 7) is -0.414. The summed E-state index contributed by atoms with van der Waals surface area (Å²) in [5, 5.41) is 5.28. The molecule has 3 N–H and O–H groups in total. The zero-order chi connectivity index (χ0) is 34.6. The first-order chi connectivity index (χ1) is 23.7. The van der Waals surface area contributed by atoms with E-state index in [2.05, 4.69) is 20.3 Å². The normalized spacial score (nSPS) is 10.7.